The van der Waals surface area contributed by atoms with Crippen LogP contribution in [0.2, 0.25) is 0 Å². The molecule has 0 spiro atoms. The first-order valence-corrected chi connectivity index (χ1v) is 17.9. The average molecular weight is 699 g/mol. The molecule has 0 saturated heterocycles. The molecule has 54 heavy (non-hydrogen) atoms. The lowest BCUT2D eigenvalue weighted by atomic mass is 10.0. The zero-order valence-electron chi connectivity index (χ0n) is 29.7. The lowest BCUT2D eigenvalue weighted by Gasteiger charge is -2.07. The Morgan fingerprint density at radius 2 is 0.648 bits per heavy atom. The standard InChI is InChI=1S/C48H34N4O2/c1-29(53)31-13-17-35(18-14-31)47-41-25-21-37(49-41)45(33-9-5-3-6-10-33)39-23-27-43(51-39)48(36-19-15-32(16-20-36)30(2)54)44-28-24-40(52-44)46(34-11-7-4-8-12-34)38-22-26-42(47)50-38/h3-28,49,52H,1-2H3. The number of hydrogen-bond donors (Lipinski definition) is 2. The Labute approximate surface area is 312 Å². The predicted octanol–water partition coefficient (Wildman–Crippen LogP) is 11.7. The van der Waals surface area contributed by atoms with Gasteiger partial charge < -0.3 is 9.97 Å². The molecule has 6 nitrogen and oxygen atoms in total. The Bertz CT molecular complexity index is 2640. The molecule has 0 unspecified atom stereocenters. The van der Waals surface area contributed by atoms with Crippen LogP contribution in [0.5, 0.6) is 0 Å². The normalized spacial score (nSPS) is 11.9. The zero-order valence-corrected chi connectivity index (χ0v) is 29.7. The number of aromatic nitrogens is 4. The van der Waals surface area contributed by atoms with E-state index in [1.807, 2.05) is 84.9 Å². The summed E-state index contributed by atoms with van der Waals surface area (Å²) >= 11 is 0. The van der Waals surface area contributed by atoms with Crippen molar-refractivity contribution in [3.05, 3.63) is 167 Å². The molecular formula is C48H34N4O2. The summed E-state index contributed by atoms with van der Waals surface area (Å²) in [5.74, 6) is 0.0370. The highest BCUT2D eigenvalue weighted by Gasteiger charge is 2.19. The fourth-order valence-corrected chi connectivity index (χ4v) is 7.37. The fraction of sp³-hybridized carbons (Fsp3) is 0.0417. The summed E-state index contributed by atoms with van der Waals surface area (Å²) in [5, 5.41) is 0. The molecule has 2 aliphatic rings. The maximum Gasteiger partial charge on any atom is 0.159 e. The molecule has 0 fully saturated rings. The maximum atomic E-state index is 12.2. The van der Waals surface area contributed by atoms with Gasteiger partial charge in [0.05, 0.1) is 22.8 Å². The second-order valence-corrected chi connectivity index (χ2v) is 13.5. The lowest BCUT2D eigenvalue weighted by Crippen LogP contribution is -1.92. The Morgan fingerprint density at radius 1 is 0.370 bits per heavy atom. The third kappa shape index (κ3) is 5.90. The molecule has 6 heteroatoms. The van der Waals surface area contributed by atoms with E-state index in [1.165, 1.54) is 0 Å². The summed E-state index contributed by atoms with van der Waals surface area (Å²) in [6, 6.07) is 44.4. The van der Waals surface area contributed by atoms with Gasteiger partial charge in [0.1, 0.15) is 0 Å². The quantitative estimate of drug-likeness (QED) is 0.169. The number of nitrogens with zero attached hydrogens (tertiary/aromatic N) is 2. The van der Waals surface area contributed by atoms with E-state index in [9.17, 15) is 9.59 Å². The molecule has 2 aliphatic heterocycles. The van der Waals surface area contributed by atoms with Gasteiger partial charge in [-0.1, -0.05) is 109 Å². The van der Waals surface area contributed by atoms with Crippen LogP contribution >= 0.6 is 0 Å². The molecule has 0 saturated carbocycles. The van der Waals surface area contributed by atoms with Gasteiger partial charge in [-0.2, -0.15) is 0 Å². The molecule has 0 radical (unpaired) electrons. The molecule has 5 heterocycles. The molecular weight excluding hydrogens is 665 g/mol. The van der Waals surface area contributed by atoms with Crippen molar-refractivity contribution in [3.8, 4) is 44.5 Å². The van der Waals surface area contributed by atoms with Crippen LogP contribution in [0.25, 0.3) is 90.9 Å². The number of aromatic amines is 2. The first kappa shape index (κ1) is 32.7. The summed E-state index contributed by atoms with van der Waals surface area (Å²) in [6.45, 7) is 3.16. The average Bonchev–Trinajstić information content (AvgIpc) is 4.04. The third-order valence-electron chi connectivity index (χ3n) is 10.0. The summed E-state index contributed by atoms with van der Waals surface area (Å²) < 4.78 is 0. The number of rotatable bonds is 6. The van der Waals surface area contributed by atoms with E-state index in [2.05, 4.69) is 82.8 Å². The number of hydrogen-bond acceptors (Lipinski definition) is 4. The number of benzene rings is 4. The number of H-pyrrole nitrogens is 2. The molecule has 0 amide bonds. The largest absolute Gasteiger partial charge is 0.354 e. The third-order valence-corrected chi connectivity index (χ3v) is 10.0. The van der Waals surface area contributed by atoms with Gasteiger partial charge in [-0.3, -0.25) is 9.59 Å². The highest BCUT2D eigenvalue weighted by molar-refractivity contribution is 6.01. The van der Waals surface area contributed by atoms with Crippen molar-refractivity contribution >= 4 is 57.9 Å². The monoisotopic (exact) mass is 698 g/mol. The van der Waals surface area contributed by atoms with Gasteiger partial charge in [0.15, 0.2) is 11.6 Å². The minimum Gasteiger partial charge on any atom is -0.354 e. The van der Waals surface area contributed by atoms with Crippen molar-refractivity contribution in [2.45, 2.75) is 13.8 Å². The molecule has 8 bridgehead atoms. The molecule has 0 atom stereocenters. The second kappa shape index (κ2) is 13.4. The van der Waals surface area contributed by atoms with Gasteiger partial charge >= 0.3 is 0 Å². The van der Waals surface area contributed by atoms with Gasteiger partial charge in [0.2, 0.25) is 0 Å². The van der Waals surface area contributed by atoms with Crippen LogP contribution < -0.4 is 0 Å². The minimum absolute atomic E-state index is 0.0185. The van der Waals surface area contributed by atoms with Crippen molar-refractivity contribution in [2.75, 3.05) is 0 Å². The maximum absolute atomic E-state index is 12.2. The van der Waals surface area contributed by atoms with Crippen molar-refractivity contribution in [3.63, 3.8) is 0 Å². The summed E-state index contributed by atoms with van der Waals surface area (Å²) in [5.41, 5.74) is 15.8. The first-order valence-electron chi connectivity index (χ1n) is 17.9. The van der Waals surface area contributed by atoms with E-state index in [0.717, 1.165) is 89.4 Å². The van der Waals surface area contributed by atoms with Crippen LogP contribution in [0.1, 0.15) is 57.3 Å². The van der Waals surface area contributed by atoms with Crippen molar-refractivity contribution in [1.82, 2.24) is 19.9 Å². The smallest absolute Gasteiger partial charge is 0.159 e. The Morgan fingerprint density at radius 3 is 0.926 bits per heavy atom. The van der Waals surface area contributed by atoms with E-state index in [4.69, 9.17) is 9.97 Å². The molecule has 2 N–H and O–H groups in total. The van der Waals surface area contributed by atoms with Crippen LogP contribution in [0.15, 0.2) is 133 Å². The highest BCUT2D eigenvalue weighted by atomic mass is 16.1. The Hall–Kier alpha value is -7.18. The van der Waals surface area contributed by atoms with E-state index in [0.29, 0.717) is 11.1 Å². The number of nitrogens with one attached hydrogen (secondary N) is 2. The van der Waals surface area contributed by atoms with Crippen molar-refractivity contribution in [2.24, 2.45) is 0 Å². The van der Waals surface area contributed by atoms with E-state index in [1.54, 1.807) is 13.8 Å². The highest BCUT2D eigenvalue weighted by Crippen LogP contribution is 2.38. The van der Waals surface area contributed by atoms with Gasteiger partial charge in [-0.05, 0) is 84.7 Å². The minimum atomic E-state index is 0.0185. The molecule has 3 aromatic heterocycles. The van der Waals surface area contributed by atoms with E-state index < -0.39 is 0 Å². The van der Waals surface area contributed by atoms with Crippen LogP contribution in [-0.4, -0.2) is 31.5 Å². The van der Waals surface area contributed by atoms with E-state index >= 15 is 0 Å². The van der Waals surface area contributed by atoms with Crippen molar-refractivity contribution < 1.29 is 9.59 Å². The topological polar surface area (TPSA) is 91.5 Å². The summed E-state index contributed by atoms with van der Waals surface area (Å²) in [4.78, 5) is 42.6. The summed E-state index contributed by atoms with van der Waals surface area (Å²) in [7, 11) is 0. The molecule has 0 aliphatic carbocycles. The number of carbonyl (C=O) groups excluding carboxylic acids is 2. The van der Waals surface area contributed by atoms with Gasteiger partial charge in [-0.25, -0.2) is 9.97 Å². The van der Waals surface area contributed by atoms with Crippen molar-refractivity contribution in [1.29, 1.82) is 0 Å². The number of Topliss-reactive ketones (excluding diaryl/α,β-unsaturated/α-hetero) is 2. The molecule has 9 rings (SSSR count). The molecule has 7 aromatic rings. The van der Waals surface area contributed by atoms with Crippen LogP contribution in [-0.2, 0) is 0 Å². The SMILES string of the molecule is CC(=O)c1ccc(-c2c3nc(c(-c4ccccc4)c4ccc([nH]4)c(-c4ccc(C(C)=O)cc4)c4nc(c(-c5ccccc5)c5ccc2[nH]5)C=C4)C=C3)cc1. The molecule has 4 aromatic carbocycles. The van der Waals surface area contributed by atoms with Crippen LogP contribution in [0.4, 0.5) is 0 Å². The van der Waals surface area contributed by atoms with Gasteiger partial charge in [0, 0.05) is 55.4 Å². The van der Waals surface area contributed by atoms with Gasteiger partial charge in [-0.15, -0.1) is 0 Å². The number of ketones is 2. The Balaban J connectivity index is 1.44. The fourth-order valence-electron chi connectivity index (χ4n) is 7.37. The number of fused-ring (bicyclic) bond motifs is 8. The number of carbonyl (C=O) groups is 2. The van der Waals surface area contributed by atoms with E-state index in [-0.39, 0.29) is 11.6 Å². The van der Waals surface area contributed by atoms with Crippen LogP contribution in [0, 0.1) is 0 Å². The predicted molar refractivity (Wildman–Crippen MR) is 221 cm³/mol. The lowest BCUT2D eigenvalue weighted by molar-refractivity contribution is 0.100. The Kier molecular flexibility index (Phi) is 8.13. The van der Waals surface area contributed by atoms with Crippen LogP contribution in [0.3, 0.4) is 0 Å². The summed E-state index contributed by atoms with van der Waals surface area (Å²) in [6.07, 6.45) is 8.27. The van der Waals surface area contributed by atoms with Gasteiger partial charge in [0.25, 0.3) is 0 Å². The zero-order chi connectivity index (χ0) is 36.8. The second-order valence-electron chi connectivity index (χ2n) is 13.5. The molecule has 258 valence electrons. The first-order chi connectivity index (χ1) is 26.4.